The summed E-state index contributed by atoms with van der Waals surface area (Å²) in [5, 5.41) is 9.21. The lowest BCUT2D eigenvalue weighted by Crippen LogP contribution is -2.22. The Labute approximate surface area is 251 Å². The third-order valence-corrected chi connectivity index (χ3v) is 9.29. The summed E-state index contributed by atoms with van der Waals surface area (Å²) in [5.74, 6) is -0.382. The normalized spacial score (nSPS) is 13.1. The van der Waals surface area contributed by atoms with Crippen LogP contribution in [0.4, 0.5) is 30.5 Å². The molecule has 0 saturated heterocycles. The lowest BCUT2D eigenvalue weighted by Gasteiger charge is -2.31. The molecule has 2 aromatic heterocycles. The Morgan fingerprint density at radius 3 is 1.89 bits per heavy atom. The van der Waals surface area contributed by atoms with E-state index in [1.54, 1.807) is 34.4 Å². The van der Waals surface area contributed by atoms with Crippen LogP contribution in [0.3, 0.4) is 0 Å². The van der Waals surface area contributed by atoms with Crippen LogP contribution in [0.1, 0.15) is 11.6 Å². The van der Waals surface area contributed by atoms with Crippen LogP contribution in [0.2, 0.25) is 0 Å². The summed E-state index contributed by atoms with van der Waals surface area (Å²) in [4.78, 5) is 13.4. The fourth-order valence-corrected chi connectivity index (χ4v) is 7.47. The van der Waals surface area contributed by atoms with Gasteiger partial charge in [0.25, 0.3) is 0 Å². The molecule has 6 aromatic carbocycles. The molecule has 0 amide bonds. The highest BCUT2D eigenvalue weighted by molar-refractivity contribution is 7.26. The van der Waals surface area contributed by atoms with Crippen LogP contribution in [-0.2, 0) is 6.18 Å². The molecule has 9 heteroatoms. The maximum atomic E-state index is 13.8. The summed E-state index contributed by atoms with van der Waals surface area (Å²) in [6.45, 7) is 1.43. The van der Waals surface area contributed by atoms with Gasteiger partial charge in [-0.1, -0.05) is 60.7 Å². The average Bonchev–Trinajstić information content (AvgIpc) is 3.37. The van der Waals surface area contributed by atoms with Gasteiger partial charge in [-0.05, 0) is 75.6 Å². The SMILES string of the molecule is Cc1nc(N2c3ccccc3Oc3cc4c(cc32)sc2cc3c5ccccc5c5ccccc5c3cc24)nc(C(F)(F)F)n1. The fourth-order valence-electron chi connectivity index (χ4n) is 6.33. The van der Waals surface area contributed by atoms with Gasteiger partial charge in [-0.3, -0.25) is 4.90 Å². The molecule has 212 valence electrons. The van der Waals surface area contributed by atoms with Crippen molar-refractivity contribution in [3.63, 3.8) is 0 Å². The number of nitrogens with zero attached hydrogens (tertiary/aromatic N) is 4. The number of fused-ring (bicyclic) bond motifs is 11. The van der Waals surface area contributed by atoms with Crippen LogP contribution in [0.15, 0.2) is 97.1 Å². The largest absolute Gasteiger partial charge is 0.453 e. The molecule has 5 nitrogen and oxygen atoms in total. The molecule has 0 fully saturated rings. The number of anilines is 3. The van der Waals surface area contributed by atoms with Crippen LogP contribution >= 0.6 is 11.3 Å². The highest BCUT2D eigenvalue weighted by atomic mass is 32.1. The number of benzene rings is 6. The molecule has 0 unspecified atom stereocenters. The van der Waals surface area contributed by atoms with Gasteiger partial charge in [0.1, 0.15) is 5.82 Å². The Kier molecular flexibility index (Phi) is 5.09. The van der Waals surface area contributed by atoms with Gasteiger partial charge in [-0.15, -0.1) is 11.3 Å². The van der Waals surface area contributed by atoms with Crippen molar-refractivity contribution in [3.8, 4) is 11.5 Å². The molecule has 1 aliphatic rings. The second-order valence-corrected chi connectivity index (χ2v) is 11.9. The van der Waals surface area contributed by atoms with Crippen LogP contribution < -0.4 is 9.64 Å². The van der Waals surface area contributed by atoms with Gasteiger partial charge in [0, 0.05) is 20.2 Å². The molecule has 0 radical (unpaired) electrons. The van der Waals surface area contributed by atoms with E-state index in [1.807, 2.05) is 18.2 Å². The third-order valence-electron chi connectivity index (χ3n) is 8.17. The maximum Gasteiger partial charge on any atom is 0.451 e. The first kappa shape index (κ1) is 25.2. The molecule has 44 heavy (non-hydrogen) atoms. The van der Waals surface area contributed by atoms with Crippen molar-refractivity contribution in [1.82, 2.24) is 15.0 Å². The molecule has 1 aliphatic heterocycles. The third kappa shape index (κ3) is 3.62. The number of halogens is 3. The molecule has 0 saturated carbocycles. The quantitative estimate of drug-likeness (QED) is 0.176. The highest BCUT2D eigenvalue weighted by Gasteiger charge is 2.37. The van der Waals surface area contributed by atoms with Gasteiger partial charge in [0.05, 0.1) is 11.4 Å². The summed E-state index contributed by atoms with van der Waals surface area (Å²) in [5.41, 5.74) is 1.10. The second kappa shape index (κ2) is 8.87. The molecule has 0 bridgehead atoms. The predicted molar refractivity (Wildman–Crippen MR) is 170 cm³/mol. The van der Waals surface area contributed by atoms with E-state index in [0.29, 0.717) is 22.9 Å². The average molecular weight is 601 g/mol. The van der Waals surface area contributed by atoms with Crippen molar-refractivity contribution < 1.29 is 17.9 Å². The van der Waals surface area contributed by atoms with E-state index < -0.39 is 12.0 Å². The Morgan fingerprint density at radius 1 is 0.591 bits per heavy atom. The lowest BCUT2D eigenvalue weighted by molar-refractivity contribution is -0.145. The lowest BCUT2D eigenvalue weighted by atomic mass is 9.93. The Balaban J connectivity index is 1.33. The molecular formula is C35H19F3N4OS. The molecule has 3 heterocycles. The number of alkyl halides is 3. The Hall–Kier alpha value is -5.28. The first-order valence-electron chi connectivity index (χ1n) is 13.9. The monoisotopic (exact) mass is 600 g/mol. The Morgan fingerprint density at radius 2 is 1.18 bits per heavy atom. The second-order valence-electron chi connectivity index (χ2n) is 10.8. The minimum Gasteiger partial charge on any atom is -0.453 e. The zero-order chi connectivity index (χ0) is 29.7. The fraction of sp³-hybridized carbons (Fsp3) is 0.0571. The summed E-state index contributed by atoms with van der Waals surface area (Å²) in [6.07, 6.45) is -4.72. The van der Waals surface area contributed by atoms with Crippen LogP contribution in [0.5, 0.6) is 11.5 Å². The van der Waals surface area contributed by atoms with Gasteiger partial charge in [0.2, 0.25) is 11.8 Å². The zero-order valence-corrected chi connectivity index (χ0v) is 23.8. The summed E-state index contributed by atoms with van der Waals surface area (Å²) >= 11 is 1.64. The number of hydrogen-bond donors (Lipinski definition) is 0. The van der Waals surface area contributed by atoms with E-state index in [9.17, 15) is 13.2 Å². The summed E-state index contributed by atoms with van der Waals surface area (Å²) < 4.78 is 49.7. The topological polar surface area (TPSA) is 51.1 Å². The zero-order valence-electron chi connectivity index (χ0n) is 23.0. The molecule has 0 aliphatic carbocycles. The minimum atomic E-state index is -4.72. The standard InChI is InChI=1S/C35H19F3N4OS/c1-18-39-33(35(36,37)38)41-34(40-18)42-27-12-6-7-13-29(27)43-30-15-26-25-14-23-21-10-4-2-8-19(21)20-9-3-5-11-22(20)24(23)16-31(25)44-32(26)17-28(30)42/h2-17H,1H3. The Bertz CT molecular complexity index is 2510. The van der Waals surface area contributed by atoms with Crippen LogP contribution in [0.25, 0.3) is 52.5 Å². The molecule has 0 spiro atoms. The van der Waals surface area contributed by atoms with Crippen molar-refractivity contribution >= 4 is 81.1 Å². The molecule has 0 atom stereocenters. The number of ether oxygens (including phenoxy) is 1. The first-order chi connectivity index (χ1) is 21.3. The van der Waals surface area contributed by atoms with Gasteiger partial charge in [0.15, 0.2) is 11.5 Å². The van der Waals surface area contributed by atoms with E-state index in [1.165, 1.54) is 33.9 Å². The van der Waals surface area contributed by atoms with Gasteiger partial charge in [-0.2, -0.15) is 23.1 Å². The van der Waals surface area contributed by atoms with Gasteiger partial charge >= 0.3 is 6.18 Å². The molecule has 8 aromatic rings. The number of thiophene rings is 1. The van der Waals surface area contributed by atoms with Crippen LogP contribution in [0, 0.1) is 6.92 Å². The first-order valence-corrected chi connectivity index (χ1v) is 14.8. The maximum absolute atomic E-state index is 13.8. The van der Waals surface area contributed by atoms with Crippen molar-refractivity contribution in [2.24, 2.45) is 0 Å². The van der Waals surface area contributed by atoms with Crippen molar-refractivity contribution in [3.05, 3.63) is 109 Å². The molecule has 0 N–H and O–H groups in total. The number of para-hydroxylation sites is 2. The highest BCUT2D eigenvalue weighted by Crippen LogP contribution is 2.53. The van der Waals surface area contributed by atoms with Crippen molar-refractivity contribution in [1.29, 1.82) is 0 Å². The van der Waals surface area contributed by atoms with E-state index in [2.05, 4.69) is 75.6 Å². The number of aromatic nitrogens is 3. The van der Waals surface area contributed by atoms with Crippen LogP contribution in [-0.4, -0.2) is 15.0 Å². The van der Waals surface area contributed by atoms with E-state index >= 15 is 0 Å². The smallest absolute Gasteiger partial charge is 0.451 e. The number of hydrogen-bond acceptors (Lipinski definition) is 6. The van der Waals surface area contributed by atoms with E-state index in [-0.39, 0.29) is 11.8 Å². The molecule has 9 rings (SSSR count). The van der Waals surface area contributed by atoms with Gasteiger partial charge in [-0.25, -0.2) is 4.98 Å². The summed E-state index contributed by atoms with van der Waals surface area (Å²) in [7, 11) is 0. The number of aryl methyl sites for hydroxylation is 1. The van der Waals surface area contributed by atoms with E-state index in [4.69, 9.17) is 4.74 Å². The minimum absolute atomic E-state index is 0.0260. The predicted octanol–water partition coefficient (Wildman–Crippen LogP) is 10.6. The van der Waals surface area contributed by atoms with Crippen molar-refractivity contribution in [2.45, 2.75) is 13.1 Å². The summed E-state index contributed by atoms with van der Waals surface area (Å²) in [6, 6.07) is 32.5. The number of rotatable bonds is 1. The van der Waals surface area contributed by atoms with E-state index in [0.717, 1.165) is 25.6 Å². The van der Waals surface area contributed by atoms with Crippen molar-refractivity contribution in [2.75, 3.05) is 4.90 Å². The molecular weight excluding hydrogens is 581 g/mol. The van der Waals surface area contributed by atoms with Gasteiger partial charge < -0.3 is 4.74 Å².